The summed E-state index contributed by atoms with van der Waals surface area (Å²) < 4.78 is 5.61. The Morgan fingerprint density at radius 1 is 1.33 bits per heavy atom. The number of nitrogens with one attached hydrogen (secondary N) is 1. The molecule has 3 heteroatoms. The predicted octanol–water partition coefficient (Wildman–Crippen LogP) is 3.86. The van der Waals surface area contributed by atoms with Crippen LogP contribution in [-0.2, 0) is 0 Å². The topological polar surface area (TPSA) is 34.1 Å². The van der Waals surface area contributed by atoms with Crippen LogP contribution >= 0.6 is 0 Å². The van der Waals surface area contributed by atoms with Gasteiger partial charge >= 0.3 is 0 Å². The van der Waals surface area contributed by atoms with Crippen molar-refractivity contribution >= 4 is 5.82 Å². The number of rotatable bonds is 4. The van der Waals surface area contributed by atoms with Crippen LogP contribution in [0.5, 0.6) is 5.75 Å². The third-order valence-electron chi connectivity index (χ3n) is 3.67. The van der Waals surface area contributed by atoms with Gasteiger partial charge in [0, 0.05) is 12.2 Å². The van der Waals surface area contributed by atoms with E-state index in [1.807, 2.05) is 25.3 Å². The van der Waals surface area contributed by atoms with E-state index in [1.165, 1.54) is 32.1 Å². The van der Waals surface area contributed by atoms with Gasteiger partial charge < -0.3 is 10.1 Å². The fourth-order valence-electron chi connectivity index (χ4n) is 2.60. The van der Waals surface area contributed by atoms with Gasteiger partial charge in [-0.2, -0.15) is 0 Å². The largest absolute Gasteiger partial charge is 0.490 e. The standard InChI is InChI=1S/C15H24N2O/c1-3-18-14-8-5-11-16-15(14)17-13-7-4-6-12(2)9-10-13/h5,8,11-13H,3-4,6-7,9-10H2,1-2H3,(H,16,17). The summed E-state index contributed by atoms with van der Waals surface area (Å²) in [7, 11) is 0. The number of nitrogens with zero attached hydrogens (tertiary/aromatic N) is 1. The normalized spacial score (nSPS) is 24.3. The van der Waals surface area contributed by atoms with Crippen molar-refractivity contribution in [1.82, 2.24) is 4.98 Å². The molecule has 0 amide bonds. The molecule has 0 radical (unpaired) electrons. The van der Waals surface area contributed by atoms with E-state index in [1.54, 1.807) is 0 Å². The van der Waals surface area contributed by atoms with E-state index in [0.29, 0.717) is 12.6 Å². The number of hydrogen-bond acceptors (Lipinski definition) is 3. The SMILES string of the molecule is CCOc1cccnc1NC1CCCC(C)CC1. The van der Waals surface area contributed by atoms with Crippen molar-refractivity contribution in [3.63, 3.8) is 0 Å². The average molecular weight is 248 g/mol. The molecule has 0 bridgehead atoms. The van der Waals surface area contributed by atoms with E-state index in [0.717, 1.165) is 17.5 Å². The second-order valence-electron chi connectivity index (χ2n) is 5.24. The molecule has 2 unspecified atom stereocenters. The number of pyridine rings is 1. The summed E-state index contributed by atoms with van der Waals surface area (Å²) in [6, 6.07) is 4.45. The molecule has 100 valence electrons. The van der Waals surface area contributed by atoms with Crippen LogP contribution in [-0.4, -0.2) is 17.6 Å². The lowest BCUT2D eigenvalue weighted by Gasteiger charge is -2.19. The van der Waals surface area contributed by atoms with Crippen LogP contribution in [0.15, 0.2) is 18.3 Å². The molecule has 1 N–H and O–H groups in total. The number of ether oxygens (including phenoxy) is 1. The summed E-state index contributed by atoms with van der Waals surface area (Å²) in [5, 5.41) is 3.56. The van der Waals surface area contributed by atoms with Crippen LogP contribution < -0.4 is 10.1 Å². The first-order chi connectivity index (χ1) is 8.79. The van der Waals surface area contributed by atoms with Crippen LogP contribution in [0.3, 0.4) is 0 Å². The van der Waals surface area contributed by atoms with Gasteiger partial charge in [0.1, 0.15) is 0 Å². The zero-order valence-electron chi connectivity index (χ0n) is 11.5. The lowest BCUT2D eigenvalue weighted by molar-refractivity contribution is 0.340. The Labute approximate surface area is 110 Å². The fraction of sp³-hybridized carbons (Fsp3) is 0.667. The molecule has 0 saturated heterocycles. The molecule has 1 fully saturated rings. The van der Waals surface area contributed by atoms with Gasteiger partial charge in [-0.3, -0.25) is 0 Å². The van der Waals surface area contributed by atoms with Gasteiger partial charge in [0.15, 0.2) is 11.6 Å². The molecular formula is C15H24N2O. The summed E-state index contributed by atoms with van der Waals surface area (Å²) >= 11 is 0. The molecule has 1 aromatic rings. The van der Waals surface area contributed by atoms with Crippen LogP contribution in [0.2, 0.25) is 0 Å². The van der Waals surface area contributed by atoms with E-state index in [9.17, 15) is 0 Å². The molecule has 1 saturated carbocycles. The third kappa shape index (κ3) is 3.62. The quantitative estimate of drug-likeness (QED) is 0.821. The molecule has 0 spiro atoms. The second kappa shape index (κ2) is 6.62. The molecule has 1 heterocycles. The average Bonchev–Trinajstić information content (AvgIpc) is 2.57. The van der Waals surface area contributed by atoms with E-state index >= 15 is 0 Å². The minimum absolute atomic E-state index is 0.545. The Kier molecular flexibility index (Phi) is 4.85. The Morgan fingerprint density at radius 2 is 2.22 bits per heavy atom. The molecule has 2 rings (SSSR count). The summed E-state index contributed by atoms with van der Waals surface area (Å²) in [6.45, 7) is 5.04. The lowest BCUT2D eigenvalue weighted by Crippen LogP contribution is -2.19. The summed E-state index contributed by atoms with van der Waals surface area (Å²) in [5.74, 6) is 2.64. The molecule has 18 heavy (non-hydrogen) atoms. The van der Waals surface area contributed by atoms with Crippen LogP contribution in [0, 0.1) is 5.92 Å². The van der Waals surface area contributed by atoms with Crippen LogP contribution in [0.4, 0.5) is 5.82 Å². The lowest BCUT2D eigenvalue weighted by atomic mass is 10.0. The van der Waals surface area contributed by atoms with Gasteiger partial charge in [-0.25, -0.2) is 4.98 Å². The van der Waals surface area contributed by atoms with Gasteiger partial charge in [0.2, 0.25) is 0 Å². The van der Waals surface area contributed by atoms with Crippen molar-refractivity contribution < 1.29 is 4.74 Å². The van der Waals surface area contributed by atoms with Crippen molar-refractivity contribution in [2.24, 2.45) is 5.92 Å². The van der Waals surface area contributed by atoms with Crippen LogP contribution in [0.25, 0.3) is 0 Å². The first kappa shape index (κ1) is 13.2. The molecule has 1 aliphatic rings. The van der Waals surface area contributed by atoms with Crippen molar-refractivity contribution in [1.29, 1.82) is 0 Å². The van der Waals surface area contributed by atoms with Crippen molar-refractivity contribution in [3.05, 3.63) is 18.3 Å². The summed E-state index contributed by atoms with van der Waals surface area (Å²) in [6.07, 6.45) is 8.29. The van der Waals surface area contributed by atoms with E-state index in [4.69, 9.17) is 4.74 Å². The molecule has 2 atom stereocenters. The van der Waals surface area contributed by atoms with Gasteiger partial charge in [-0.1, -0.05) is 19.8 Å². The Bertz CT molecular complexity index is 367. The zero-order chi connectivity index (χ0) is 12.8. The highest BCUT2D eigenvalue weighted by Crippen LogP contribution is 2.27. The highest BCUT2D eigenvalue weighted by Gasteiger charge is 2.17. The molecular weight excluding hydrogens is 224 g/mol. The third-order valence-corrected chi connectivity index (χ3v) is 3.67. The molecule has 0 aromatic carbocycles. The van der Waals surface area contributed by atoms with Gasteiger partial charge in [0.25, 0.3) is 0 Å². The summed E-state index contributed by atoms with van der Waals surface area (Å²) in [4.78, 5) is 4.40. The van der Waals surface area contributed by atoms with E-state index in [2.05, 4.69) is 17.2 Å². The number of aromatic nitrogens is 1. The minimum Gasteiger partial charge on any atom is -0.490 e. The highest BCUT2D eigenvalue weighted by molar-refractivity contribution is 5.50. The zero-order valence-corrected chi connectivity index (χ0v) is 11.5. The Hall–Kier alpha value is -1.25. The predicted molar refractivity (Wildman–Crippen MR) is 75.1 cm³/mol. The minimum atomic E-state index is 0.545. The smallest absolute Gasteiger partial charge is 0.168 e. The first-order valence-electron chi connectivity index (χ1n) is 7.14. The first-order valence-corrected chi connectivity index (χ1v) is 7.14. The molecule has 3 nitrogen and oxygen atoms in total. The Morgan fingerprint density at radius 3 is 3.06 bits per heavy atom. The monoisotopic (exact) mass is 248 g/mol. The number of anilines is 1. The number of hydrogen-bond donors (Lipinski definition) is 1. The van der Waals surface area contributed by atoms with Crippen molar-refractivity contribution in [3.8, 4) is 5.75 Å². The summed E-state index contributed by atoms with van der Waals surface area (Å²) in [5.41, 5.74) is 0. The van der Waals surface area contributed by atoms with E-state index < -0.39 is 0 Å². The van der Waals surface area contributed by atoms with Crippen LogP contribution in [0.1, 0.15) is 46.0 Å². The van der Waals surface area contributed by atoms with E-state index in [-0.39, 0.29) is 0 Å². The molecule has 1 aliphatic carbocycles. The maximum Gasteiger partial charge on any atom is 0.168 e. The van der Waals surface area contributed by atoms with Gasteiger partial charge in [-0.15, -0.1) is 0 Å². The maximum absolute atomic E-state index is 5.61. The van der Waals surface area contributed by atoms with Gasteiger partial charge in [0.05, 0.1) is 6.61 Å². The highest BCUT2D eigenvalue weighted by atomic mass is 16.5. The molecule has 0 aliphatic heterocycles. The molecule has 1 aromatic heterocycles. The second-order valence-corrected chi connectivity index (χ2v) is 5.24. The van der Waals surface area contributed by atoms with Crippen molar-refractivity contribution in [2.75, 3.05) is 11.9 Å². The van der Waals surface area contributed by atoms with Crippen molar-refractivity contribution in [2.45, 2.75) is 52.0 Å². The fourth-order valence-corrected chi connectivity index (χ4v) is 2.60. The Balaban J connectivity index is 1.99. The van der Waals surface area contributed by atoms with Gasteiger partial charge in [-0.05, 0) is 44.2 Å². The maximum atomic E-state index is 5.61.